The van der Waals surface area contributed by atoms with Gasteiger partial charge in [0.1, 0.15) is 0 Å². The first-order chi connectivity index (χ1) is 11.9. The molecule has 0 aliphatic carbocycles. The molecule has 1 aliphatic heterocycles. The lowest BCUT2D eigenvalue weighted by Gasteiger charge is -2.27. The van der Waals surface area contributed by atoms with E-state index in [0.29, 0.717) is 19.6 Å². The van der Waals surface area contributed by atoms with Crippen molar-refractivity contribution in [2.75, 3.05) is 45.2 Å². The van der Waals surface area contributed by atoms with Crippen molar-refractivity contribution < 1.29 is 19.8 Å². The minimum Gasteiger partial charge on any atom is -0.503 e. The molecule has 3 N–H and O–H groups in total. The fourth-order valence-electron chi connectivity index (χ4n) is 2.95. The molecule has 1 atom stereocenters. The van der Waals surface area contributed by atoms with E-state index in [2.05, 4.69) is 5.32 Å². The molecule has 1 heterocycles. The Morgan fingerprint density at radius 2 is 1.88 bits per heavy atom. The average Bonchev–Trinajstić information content (AvgIpc) is 2.83. The Balaban J connectivity index is 2.32. The van der Waals surface area contributed by atoms with Crippen molar-refractivity contribution in [3.05, 3.63) is 41.2 Å². The van der Waals surface area contributed by atoms with Gasteiger partial charge in [-0.05, 0) is 24.6 Å². The number of aliphatic hydroxyl groups excluding tert-OH is 2. The van der Waals surface area contributed by atoms with Crippen molar-refractivity contribution in [3.8, 4) is 0 Å². The monoisotopic (exact) mass is 347 g/mol. The van der Waals surface area contributed by atoms with Gasteiger partial charge in [-0.2, -0.15) is 0 Å². The quantitative estimate of drug-likeness (QED) is 0.597. The number of anilines is 1. The van der Waals surface area contributed by atoms with Gasteiger partial charge in [-0.3, -0.25) is 9.59 Å². The number of carbonyl (C=O) groups is 2. The summed E-state index contributed by atoms with van der Waals surface area (Å²) in [6, 6.07) is 6.95. The largest absolute Gasteiger partial charge is 0.503 e. The van der Waals surface area contributed by atoms with E-state index in [4.69, 9.17) is 5.11 Å². The molecule has 0 aromatic heterocycles. The third-order valence-electron chi connectivity index (χ3n) is 4.23. The summed E-state index contributed by atoms with van der Waals surface area (Å²) in [5, 5.41) is 22.0. The number of hydrogen-bond donors (Lipinski definition) is 3. The van der Waals surface area contributed by atoms with E-state index in [9.17, 15) is 14.7 Å². The molecule has 0 spiro atoms. The van der Waals surface area contributed by atoms with E-state index in [-0.39, 0.29) is 18.0 Å². The second-order valence-corrected chi connectivity index (χ2v) is 6.18. The molecule has 1 aromatic rings. The average molecular weight is 347 g/mol. The van der Waals surface area contributed by atoms with Crippen LogP contribution >= 0.6 is 0 Å². The standard InChI is InChI=1S/C18H25N3O4/c1-12(23)15-16(13-4-6-14(7-5-13)20(2)3)21(18(25)17(15)24)10-8-19-9-11-22/h4-7,16,19,22,24H,8-11H2,1-3H3/t16-/m0/s1. The normalized spacial score (nSPS) is 17.4. The van der Waals surface area contributed by atoms with Gasteiger partial charge in [-0.25, -0.2) is 0 Å². The van der Waals surface area contributed by atoms with E-state index >= 15 is 0 Å². The number of rotatable bonds is 8. The summed E-state index contributed by atoms with van der Waals surface area (Å²) >= 11 is 0. The van der Waals surface area contributed by atoms with Crippen molar-refractivity contribution >= 4 is 17.4 Å². The zero-order valence-corrected chi connectivity index (χ0v) is 14.8. The molecular weight excluding hydrogens is 322 g/mol. The number of aliphatic hydroxyl groups is 2. The fourth-order valence-corrected chi connectivity index (χ4v) is 2.95. The molecular formula is C18H25N3O4. The van der Waals surface area contributed by atoms with Gasteiger partial charge < -0.3 is 25.3 Å². The molecule has 0 unspecified atom stereocenters. The molecule has 0 saturated carbocycles. The lowest BCUT2D eigenvalue weighted by atomic mass is 9.96. The van der Waals surface area contributed by atoms with Gasteiger partial charge in [-0.1, -0.05) is 12.1 Å². The Hall–Kier alpha value is -2.38. The van der Waals surface area contributed by atoms with Crippen molar-refractivity contribution in [3.63, 3.8) is 0 Å². The van der Waals surface area contributed by atoms with Crippen molar-refractivity contribution in [2.24, 2.45) is 0 Å². The first-order valence-corrected chi connectivity index (χ1v) is 8.22. The van der Waals surface area contributed by atoms with E-state index < -0.39 is 17.7 Å². The number of amides is 1. The minimum atomic E-state index is -0.600. The molecule has 1 aromatic carbocycles. The molecule has 0 saturated heterocycles. The van der Waals surface area contributed by atoms with Crippen LogP contribution < -0.4 is 10.2 Å². The van der Waals surface area contributed by atoms with Crippen LogP contribution in [0.4, 0.5) is 5.69 Å². The Kier molecular flexibility index (Phi) is 6.17. The molecule has 0 bridgehead atoms. The summed E-state index contributed by atoms with van der Waals surface area (Å²) in [6.07, 6.45) is 0. The van der Waals surface area contributed by atoms with Crippen LogP contribution in [0.25, 0.3) is 0 Å². The van der Waals surface area contributed by atoms with Crippen molar-refractivity contribution in [1.82, 2.24) is 10.2 Å². The summed E-state index contributed by atoms with van der Waals surface area (Å²) in [5.74, 6) is -1.34. The molecule has 0 fully saturated rings. The van der Waals surface area contributed by atoms with Crippen molar-refractivity contribution in [2.45, 2.75) is 13.0 Å². The van der Waals surface area contributed by atoms with Crippen LogP contribution in [0.1, 0.15) is 18.5 Å². The number of nitrogens with one attached hydrogen (secondary N) is 1. The Bertz CT molecular complexity index is 667. The van der Waals surface area contributed by atoms with Gasteiger partial charge in [0.15, 0.2) is 11.5 Å². The van der Waals surface area contributed by atoms with Gasteiger partial charge in [-0.15, -0.1) is 0 Å². The van der Waals surface area contributed by atoms with E-state index in [0.717, 1.165) is 11.3 Å². The summed E-state index contributed by atoms with van der Waals surface area (Å²) in [4.78, 5) is 27.9. The predicted molar refractivity (Wildman–Crippen MR) is 95.5 cm³/mol. The Morgan fingerprint density at radius 3 is 2.40 bits per heavy atom. The number of Topliss-reactive ketones (excluding diaryl/α,β-unsaturated/α-hetero) is 1. The van der Waals surface area contributed by atoms with Crippen LogP contribution in [-0.2, 0) is 9.59 Å². The molecule has 7 heteroatoms. The van der Waals surface area contributed by atoms with Gasteiger partial charge in [0, 0.05) is 39.4 Å². The molecule has 136 valence electrons. The third kappa shape index (κ3) is 4.00. The second-order valence-electron chi connectivity index (χ2n) is 6.18. The first-order valence-electron chi connectivity index (χ1n) is 8.22. The minimum absolute atomic E-state index is 0.00552. The molecule has 2 rings (SSSR count). The number of nitrogens with zero attached hydrogens (tertiary/aromatic N) is 2. The molecule has 1 amide bonds. The van der Waals surface area contributed by atoms with E-state index in [1.54, 1.807) is 0 Å². The third-order valence-corrected chi connectivity index (χ3v) is 4.23. The zero-order chi connectivity index (χ0) is 18.6. The van der Waals surface area contributed by atoms with Crippen molar-refractivity contribution in [1.29, 1.82) is 0 Å². The van der Waals surface area contributed by atoms with Gasteiger partial charge in [0.25, 0.3) is 5.91 Å². The maximum absolute atomic E-state index is 12.4. The Morgan fingerprint density at radius 1 is 1.24 bits per heavy atom. The summed E-state index contributed by atoms with van der Waals surface area (Å²) in [7, 11) is 3.86. The van der Waals surface area contributed by atoms with Crippen LogP contribution in [0.5, 0.6) is 0 Å². The van der Waals surface area contributed by atoms with Crippen LogP contribution in [0.15, 0.2) is 35.6 Å². The van der Waals surface area contributed by atoms with Gasteiger partial charge in [0.2, 0.25) is 0 Å². The smallest absolute Gasteiger partial charge is 0.290 e. The Labute approximate surface area is 147 Å². The predicted octanol–water partition coefficient (Wildman–Crippen LogP) is 0.619. The highest BCUT2D eigenvalue weighted by Crippen LogP contribution is 2.37. The number of benzene rings is 1. The SMILES string of the molecule is CC(=O)C1=C(O)C(=O)N(CCNCCO)[C@H]1c1ccc(N(C)C)cc1. The second kappa shape index (κ2) is 8.13. The zero-order valence-electron chi connectivity index (χ0n) is 14.8. The number of hydrogen-bond acceptors (Lipinski definition) is 6. The first kappa shape index (κ1) is 19.0. The molecule has 7 nitrogen and oxygen atoms in total. The van der Waals surface area contributed by atoms with E-state index in [1.165, 1.54) is 11.8 Å². The molecule has 0 radical (unpaired) electrons. The lowest BCUT2D eigenvalue weighted by molar-refractivity contribution is -0.129. The summed E-state index contributed by atoms with van der Waals surface area (Å²) in [6.45, 7) is 2.55. The highest BCUT2D eigenvalue weighted by molar-refractivity contribution is 6.08. The maximum atomic E-state index is 12.4. The topological polar surface area (TPSA) is 93.1 Å². The van der Waals surface area contributed by atoms with Crippen LogP contribution in [0.3, 0.4) is 0 Å². The number of carbonyl (C=O) groups excluding carboxylic acids is 2. The highest BCUT2D eigenvalue weighted by Gasteiger charge is 2.41. The molecule has 1 aliphatic rings. The van der Waals surface area contributed by atoms with Gasteiger partial charge in [0.05, 0.1) is 18.2 Å². The number of ketones is 1. The molecule has 25 heavy (non-hydrogen) atoms. The van der Waals surface area contributed by atoms with Crippen LogP contribution in [0, 0.1) is 0 Å². The fraction of sp³-hybridized carbons (Fsp3) is 0.444. The summed E-state index contributed by atoms with van der Waals surface area (Å²) < 4.78 is 0. The van der Waals surface area contributed by atoms with Gasteiger partial charge >= 0.3 is 0 Å². The van der Waals surface area contributed by atoms with Crippen LogP contribution in [-0.4, -0.2) is 67.1 Å². The van der Waals surface area contributed by atoms with Crippen LogP contribution in [0.2, 0.25) is 0 Å². The summed E-state index contributed by atoms with van der Waals surface area (Å²) in [5.41, 5.74) is 1.90. The van der Waals surface area contributed by atoms with E-state index in [1.807, 2.05) is 43.3 Å². The lowest BCUT2D eigenvalue weighted by Crippen LogP contribution is -2.37. The highest BCUT2D eigenvalue weighted by atomic mass is 16.3. The maximum Gasteiger partial charge on any atom is 0.290 e.